The van der Waals surface area contributed by atoms with Crippen LogP contribution in [-0.2, 0) is 6.42 Å². The first-order valence-electron chi connectivity index (χ1n) is 9.27. The van der Waals surface area contributed by atoms with Crippen molar-refractivity contribution in [3.05, 3.63) is 40.7 Å². The lowest BCUT2D eigenvalue weighted by Crippen LogP contribution is -2.40. The Labute approximate surface area is 161 Å². The third-order valence-electron chi connectivity index (χ3n) is 5.24. The molecule has 1 aromatic heterocycles. The molecule has 1 saturated heterocycles. The number of piperidine rings is 1. The van der Waals surface area contributed by atoms with Crippen LogP contribution >= 0.6 is 11.3 Å². The van der Waals surface area contributed by atoms with Crippen molar-refractivity contribution in [3.63, 3.8) is 0 Å². The second-order valence-electron chi connectivity index (χ2n) is 7.02. The highest BCUT2D eigenvalue weighted by Crippen LogP contribution is 2.34. The summed E-state index contributed by atoms with van der Waals surface area (Å²) in [5.74, 6) is 0.874. The minimum atomic E-state index is 0.662. The van der Waals surface area contributed by atoms with Gasteiger partial charge in [0.1, 0.15) is 5.75 Å². The molecule has 1 fully saturated rings. The molecule has 2 heterocycles. The SMILES string of the molecule is C=C(c1cc(-c2csc(CC)n2)ccc1OC)N1CCC(N(C)C)CC1. The second kappa shape index (κ2) is 8.23. The molecule has 0 amide bonds. The first-order chi connectivity index (χ1) is 12.5. The van der Waals surface area contributed by atoms with E-state index in [0.717, 1.165) is 47.8 Å². The zero-order chi connectivity index (χ0) is 18.7. The van der Waals surface area contributed by atoms with E-state index in [0.29, 0.717) is 6.04 Å². The van der Waals surface area contributed by atoms with Crippen LogP contribution in [0, 0.1) is 0 Å². The van der Waals surface area contributed by atoms with Gasteiger partial charge in [0, 0.05) is 41.3 Å². The van der Waals surface area contributed by atoms with Crippen molar-refractivity contribution >= 4 is 17.0 Å². The molecule has 4 nitrogen and oxygen atoms in total. The standard InChI is InChI=1S/C21H29N3OS/c1-6-21-22-19(14-26-21)16-7-8-20(25-5)18(13-16)15(2)24-11-9-17(10-12-24)23(3)4/h7-8,13-14,17H,2,6,9-12H2,1,3-5H3. The largest absolute Gasteiger partial charge is 0.496 e. The van der Waals surface area contributed by atoms with Crippen molar-refractivity contribution in [3.8, 4) is 17.0 Å². The molecule has 0 atom stereocenters. The van der Waals surface area contributed by atoms with Crippen molar-refractivity contribution in [1.29, 1.82) is 0 Å². The van der Waals surface area contributed by atoms with E-state index < -0.39 is 0 Å². The summed E-state index contributed by atoms with van der Waals surface area (Å²) in [7, 11) is 6.06. The summed E-state index contributed by atoms with van der Waals surface area (Å²) in [4.78, 5) is 9.44. The van der Waals surface area contributed by atoms with Crippen LogP contribution < -0.4 is 4.74 Å². The molecule has 0 radical (unpaired) electrons. The first-order valence-corrected chi connectivity index (χ1v) is 10.1. The van der Waals surface area contributed by atoms with Crippen molar-refractivity contribution in [1.82, 2.24) is 14.8 Å². The number of thiazole rings is 1. The van der Waals surface area contributed by atoms with E-state index in [9.17, 15) is 0 Å². The average Bonchev–Trinajstić information content (AvgIpc) is 3.16. The number of aryl methyl sites for hydroxylation is 1. The maximum absolute atomic E-state index is 5.62. The Morgan fingerprint density at radius 2 is 2.08 bits per heavy atom. The number of benzene rings is 1. The zero-order valence-electron chi connectivity index (χ0n) is 16.3. The second-order valence-corrected chi connectivity index (χ2v) is 7.97. The minimum absolute atomic E-state index is 0.662. The molecule has 0 aliphatic carbocycles. The topological polar surface area (TPSA) is 28.6 Å². The van der Waals surface area contributed by atoms with Crippen molar-refractivity contribution < 1.29 is 4.74 Å². The number of hydrogen-bond donors (Lipinski definition) is 0. The molecule has 1 aliphatic heterocycles. The Kier molecular flexibility index (Phi) is 5.99. The molecule has 0 unspecified atom stereocenters. The zero-order valence-corrected chi connectivity index (χ0v) is 17.1. The van der Waals surface area contributed by atoms with Crippen molar-refractivity contribution in [2.24, 2.45) is 0 Å². The molecular formula is C21H29N3OS. The Hall–Kier alpha value is -1.85. The lowest BCUT2D eigenvalue weighted by atomic mass is 10.0. The number of ether oxygens (including phenoxy) is 1. The van der Waals surface area contributed by atoms with Gasteiger partial charge in [-0.05, 0) is 51.6 Å². The maximum Gasteiger partial charge on any atom is 0.128 e. The first kappa shape index (κ1) is 18.9. The molecule has 0 bridgehead atoms. The number of rotatable bonds is 6. The highest BCUT2D eigenvalue weighted by Gasteiger charge is 2.23. The molecule has 140 valence electrons. The third kappa shape index (κ3) is 3.94. The van der Waals surface area contributed by atoms with E-state index >= 15 is 0 Å². The van der Waals surface area contributed by atoms with Gasteiger partial charge >= 0.3 is 0 Å². The molecule has 5 heteroatoms. The fraction of sp³-hybridized carbons (Fsp3) is 0.476. The summed E-state index contributed by atoms with van der Waals surface area (Å²) in [5, 5.41) is 3.30. The fourth-order valence-electron chi connectivity index (χ4n) is 3.52. The van der Waals surface area contributed by atoms with Gasteiger partial charge < -0.3 is 14.5 Å². The smallest absolute Gasteiger partial charge is 0.128 e. The van der Waals surface area contributed by atoms with E-state index in [1.54, 1.807) is 18.4 Å². The Morgan fingerprint density at radius 3 is 2.65 bits per heavy atom. The van der Waals surface area contributed by atoms with Crippen LogP contribution in [0.15, 0.2) is 30.2 Å². The van der Waals surface area contributed by atoms with Gasteiger partial charge in [0.15, 0.2) is 0 Å². The number of methoxy groups -OCH3 is 1. The quantitative estimate of drug-likeness (QED) is 0.753. The third-order valence-corrected chi connectivity index (χ3v) is 6.23. The van der Waals surface area contributed by atoms with Gasteiger partial charge in [-0.3, -0.25) is 0 Å². The number of likely N-dealkylation sites (tertiary alicyclic amines) is 1. The van der Waals surface area contributed by atoms with E-state index in [1.165, 1.54) is 17.8 Å². The predicted molar refractivity (Wildman–Crippen MR) is 111 cm³/mol. The molecule has 26 heavy (non-hydrogen) atoms. The van der Waals surface area contributed by atoms with Crippen LogP contribution in [0.2, 0.25) is 0 Å². The van der Waals surface area contributed by atoms with Crippen LogP contribution in [0.5, 0.6) is 5.75 Å². The summed E-state index contributed by atoms with van der Waals surface area (Å²) in [6, 6.07) is 6.96. The summed E-state index contributed by atoms with van der Waals surface area (Å²) in [5.41, 5.74) is 4.28. The Morgan fingerprint density at radius 1 is 1.35 bits per heavy atom. The highest BCUT2D eigenvalue weighted by atomic mass is 32.1. The number of nitrogens with zero attached hydrogens (tertiary/aromatic N) is 3. The van der Waals surface area contributed by atoms with Gasteiger partial charge in [-0.25, -0.2) is 4.98 Å². The van der Waals surface area contributed by atoms with Crippen molar-refractivity contribution in [2.75, 3.05) is 34.3 Å². The van der Waals surface area contributed by atoms with Gasteiger partial charge in [-0.15, -0.1) is 11.3 Å². The van der Waals surface area contributed by atoms with Gasteiger partial charge in [-0.1, -0.05) is 13.5 Å². The summed E-state index contributed by atoms with van der Waals surface area (Å²) >= 11 is 1.72. The van der Waals surface area contributed by atoms with Crippen LogP contribution in [0.1, 0.15) is 30.3 Å². The molecular weight excluding hydrogens is 342 g/mol. The maximum atomic E-state index is 5.62. The van der Waals surface area contributed by atoms with E-state index in [4.69, 9.17) is 9.72 Å². The normalized spacial score (nSPS) is 15.5. The van der Waals surface area contributed by atoms with Crippen LogP contribution in [0.25, 0.3) is 17.0 Å². The summed E-state index contributed by atoms with van der Waals surface area (Å²) in [6.45, 7) is 8.60. The molecule has 0 saturated carbocycles. The lowest BCUT2D eigenvalue weighted by molar-refractivity contribution is 0.185. The van der Waals surface area contributed by atoms with Crippen LogP contribution in [-0.4, -0.2) is 55.1 Å². The van der Waals surface area contributed by atoms with Gasteiger partial charge in [0.05, 0.1) is 17.8 Å². The predicted octanol–water partition coefficient (Wildman–Crippen LogP) is 4.38. The van der Waals surface area contributed by atoms with Gasteiger partial charge in [-0.2, -0.15) is 0 Å². The molecule has 0 spiro atoms. The summed E-state index contributed by atoms with van der Waals surface area (Å²) in [6.07, 6.45) is 3.31. The minimum Gasteiger partial charge on any atom is -0.496 e. The monoisotopic (exact) mass is 371 g/mol. The number of aromatic nitrogens is 1. The van der Waals surface area contributed by atoms with E-state index in [-0.39, 0.29) is 0 Å². The highest BCUT2D eigenvalue weighted by molar-refractivity contribution is 7.09. The molecule has 0 N–H and O–H groups in total. The Bertz CT molecular complexity index is 760. The van der Waals surface area contributed by atoms with Crippen molar-refractivity contribution in [2.45, 2.75) is 32.2 Å². The molecule has 1 aromatic carbocycles. The molecule has 1 aliphatic rings. The summed E-state index contributed by atoms with van der Waals surface area (Å²) < 4.78 is 5.62. The number of hydrogen-bond acceptors (Lipinski definition) is 5. The van der Waals surface area contributed by atoms with Crippen LogP contribution in [0.4, 0.5) is 0 Å². The van der Waals surface area contributed by atoms with E-state index in [1.807, 2.05) is 6.07 Å². The van der Waals surface area contributed by atoms with E-state index in [2.05, 4.69) is 54.9 Å². The van der Waals surface area contributed by atoms with Gasteiger partial charge in [0.2, 0.25) is 0 Å². The molecule has 3 rings (SSSR count). The molecule has 2 aromatic rings. The van der Waals surface area contributed by atoms with Gasteiger partial charge in [0.25, 0.3) is 0 Å². The Balaban J connectivity index is 1.83. The fourth-order valence-corrected chi connectivity index (χ4v) is 4.28. The van der Waals surface area contributed by atoms with Crippen LogP contribution in [0.3, 0.4) is 0 Å². The lowest BCUT2D eigenvalue weighted by Gasteiger charge is -2.37. The average molecular weight is 372 g/mol.